The Hall–Kier alpha value is -1.08. The number of carbonyl (C=O) groups is 1. The molecule has 1 amide bonds. The van der Waals surface area contributed by atoms with Crippen LogP contribution in [0.4, 0.5) is 0 Å². The largest absolute Gasteiger partial charge is 0.356 e. The second-order valence-electron chi connectivity index (χ2n) is 6.36. The molecule has 2 aliphatic rings. The average Bonchev–Trinajstić information content (AvgIpc) is 2.70. The van der Waals surface area contributed by atoms with E-state index in [2.05, 4.69) is 16.3 Å². The summed E-state index contributed by atoms with van der Waals surface area (Å²) in [5.41, 5.74) is 0. The molecule has 0 radical (unpaired) electrons. The molecule has 0 aromatic rings. The lowest BCUT2D eigenvalue weighted by Crippen LogP contribution is -2.46. The number of hydrogen-bond acceptors (Lipinski definition) is 3. The zero-order valence-electron chi connectivity index (χ0n) is 12.6. The van der Waals surface area contributed by atoms with Crippen LogP contribution in [0, 0.1) is 23.2 Å². The highest BCUT2D eigenvalue weighted by molar-refractivity contribution is 5.72. The number of carbonyl (C=O) groups excluding carboxylic acids is 1. The molecule has 112 valence electrons. The van der Waals surface area contributed by atoms with E-state index in [4.69, 9.17) is 0 Å². The molecule has 2 unspecified atom stereocenters. The molecule has 1 saturated heterocycles. The molecule has 20 heavy (non-hydrogen) atoms. The van der Waals surface area contributed by atoms with Crippen LogP contribution in [0.25, 0.3) is 0 Å². The molecule has 2 rings (SSSR count). The summed E-state index contributed by atoms with van der Waals surface area (Å²) in [5.74, 6) is 0.909. The Morgan fingerprint density at radius 2 is 1.90 bits per heavy atom. The van der Waals surface area contributed by atoms with Gasteiger partial charge in [0.25, 0.3) is 0 Å². The van der Waals surface area contributed by atoms with Gasteiger partial charge < -0.3 is 5.32 Å². The third-order valence-corrected chi connectivity index (χ3v) is 4.90. The summed E-state index contributed by atoms with van der Waals surface area (Å²) in [6, 6.07) is 3.02. The van der Waals surface area contributed by atoms with Gasteiger partial charge in [0, 0.05) is 19.5 Å². The number of piperidine rings is 1. The Morgan fingerprint density at radius 3 is 2.55 bits per heavy atom. The standard InChI is InChI=1S/C16H27N3O/c1-13(20)18-12-14-7-9-19(10-8-14)16-6-4-2-3-5-15(16)11-17/h14-16H,2-10,12H2,1H3,(H,18,20). The first-order valence-corrected chi connectivity index (χ1v) is 8.09. The van der Waals surface area contributed by atoms with Crippen molar-refractivity contribution in [3.63, 3.8) is 0 Å². The van der Waals surface area contributed by atoms with Crippen LogP contribution in [-0.4, -0.2) is 36.5 Å². The minimum atomic E-state index is 0.0701. The lowest BCUT2D eigenvalue weighted by molar-refractivity contribution is -0.119. The summed E-state index contributed by atoms with van der Waals surface area (Å²) in [5, 5.41) is 12.3. The Bertz CT molecular complexity index is 355. The summed E-state index contributed by atoms with van der Waals surface area (Å²) in [6.07, 6.45) is 8.33. The molecule has 4 heteroatoms. The van der Waals surface area contributed by atoms with Gasteiger partial charge in [-0.2, -0.15) is 5.26 Å². The van der Waals surface area contributed by atoms with Gasteiger partial charge in [-0.1, -0.05) is 19.3 Å². The maximum Gasteiger partial charge on any atom is 0.216 e. The lowest BCUT2D eigenvalue weighted by Gasteiger charge is -2.39. The fraction of sp³-hybridized carbons (Fsp3) is 0.875. The topological polar surface area (TPSA) is 56.1 Å². The average molecular weight is 277 g/mol. The summed E-state index contributed by atoms with van der Waals surface area (Å²) in [6.45, 7) is 4.58. The van der Waals surface area contributed by atoms with E-state index in [1.54, 1.807) is 6.92 Å². The number of nitrogens with zero attached hydrogens (tertiary/aromatic N) is 2. The zero-order valence-corrected chi connectivity index (χ0v) is 12.6. The predicted molar refractivity (Wildman–Crippen MR) is 79.0 cm³/mol. The maximum absolute atomic E-state index is 11.0. The predicted octanol–water partition coefficient (Wildman–Crippen LogP) is 2.31. The monoisotopic (exact) mass is 277 g/mol. The first-order chi connectivity index (χ1) is 9.70. The molecular formula is C16H27N3O. The van der Waals surface area contributed by atoms with Crippen LogP contribution in [0.5, 0.6) is 0 Å². The van der Waals surface area contributed by atoms with E-state index in [0.29, 0.717) is 12.0 Å². The molecular weight excluding hydrogens is 250 g/mol. The highest BCUT2D eigenvalue weighted by Crippen LogP contribution is 2.30. The smallest absolute Gasteiger partial charge is 0.216 e. The van der Waals surface area contributed by atoms with Crippen LogP contribution in [0.1, 0.15) is 51.9 Å². The first-order valence-electron chi connectivity index (χ1n) is 8.09. The van der Waals surface area contributed by atoms with Crippen molar-refractivity contribution in [2.45, 2.75) is 57.9 Å². The van der Waals surface area contributed by atoms with Gasteiger partial charge in [-0.05, 0) is 44.7 Å². The highest BCUT2D eigenvalue weighted by Gasteiger charge is 2.31. The number of nitriles is 1. The van der Waals surface area contributed by atoms with Crippen molar-refractivity contribution >= 4 is 5.91 Å². The molecule has 0 spiro atoms. The van der Waals surface area contributed by atoms with Crippen molar-refractivity contribution in [2.24, 2.45) is 11.8 Å². The Morgan fingerprint density at radius 1 is 1.20 bits per heavy atom. The number of rotatable bonds is 3. The van der Waals surface area contributed by atoms with Crippen LogP contribution >= 0.6 is 0 Å². The SMILES string of the molecule is CC(=O)NCC1CCN(C2CCCCCC2C#N)CC1. The van der Waals surface area contributed by atoms with Crippen molar-refractivity contribution < 1.29 is 4.79 Å². The van der Waals surface area contributed by atoms with Crippen LogP contribution in [0.3, 0.4) is 0 Å². The Balaban J connectivity index is 1.82. The summed E-state index contributed by atoms with van der Waals surface area (Å²) < 4.78 is 0. The highest BCUT2D eigenvalue weighted by atomic mass is 16.1. The summed E-state index contributed by atoms with van der Waals surface area (Å²) in [4.78, 5) is 13.5. The van der Waals surface area contributed by atoms with Gasteiger partial charge >= 0.3 is 0 Å². The molecule has 1 heterocycles. The van der Waals surface area contributed by atoms with Crippen molar-refractivity contribution in [2.75, 3.05) is 19.6 Å². The normalized spacial score (nSPS) is 29.4. The fourth-order valence-corrected chi connectivity index (χ4v) is 3.65. The fourth-order valence-electron chi connectivity index (χ4n) is 3.65. The zero-order chi connectivity index (χ0) is 14.4. The molecule has 1 aliphatic carbocycles. The van der Waals surface area contributed by atoms with E-state index in [9.17, 15) is 10.1 Å². The first kappa shape index (κ1) is 15.3. The van der Waals surface area contributed by atoms with E-state index >= 15 is 0 Å². The third kappa shape index (κ3) is 4.21. The van der Waals surface area contributed by atoms with Gasteiger partial charge in [0.15, 0.2) is 0 Å². The van der Waals surface area contributed by atoms with Crippen LogP contribution < -0.4 is 5.32 Å². The molecule has 1 N–H and O–H groups in total. The van der Waals surface area contributed by atoms with E-state index < -0.39 is 0 Å². The van der Waals surface area contributed by atoms with E-state index in [0.717, 1.165) is 38.9 Å². The van der Waals surface area contributed by atoms with Crippen LogP contribution in [-0.2, 0) is 4.79 Å². The molecule has 0 aromatic heterocycles. The van der Waals surface area contributed by atoms with Crippen molar-refractivity contribution in [1.82, 2.24) is 10.2 Å². The Labute approximate surface area is 122 Å². The summed E-state index contributed by atoms with van der Waals surface area (Å²) >= 11 is 0. The van der Waals surface area contributed by atoms with Gasteiger partial charge in [0.05, 0.1) is 12.0 Å². The molecule has 1 aliphatic heterocycles. The summed E-state index contributed by atoms with van der Waals surface area (Å²) in [7, 11) is 0. The van der Waals surface area contributed by atoms with Gasteiger partial charge in [-0.25, -0.2) is 0 Å². The van der Waals surface area contributed by atoms with Gasteiger partial charge in [0.1, 0.15) is 0 Å². The van der Waals surface area contributed by atoms with Gasteiger partial charge in [-0.15, -0.1) is 0 Å². The second kappa shape index (κ2) is 7.64. The quantitative estimate of drug-likeness (QED) is 0.805. The number of nitrogens with one attached hydrogen (secondary N) is 1. The molecule has 0 aromatic carbocycles. The number of amides is 1. The second-order valence-corrected chi connectivity index (χ2v) is 6.36. The van der Waals surface area contributed by atoms with Crippen molar-refractivity contribution in [1.29, 1.82) is 5.26 Å². The third-order valence-electron chi connectivity index (χ3n) is 4.90. The van der Waals surface area contributed by atoms with E-state index in [1.165, 1.54) is 25.7 Å². The van der Waals surface area contributed by atoms with Crippen molar-refractivity contribution in [3.05, 3.63) is 0 Å². The van der Waals surface area contributed by atoms with Crippen LogP contribution in [0.15, 0.2) is 0 Å². The molecule has 2 fully saturated rings. The van der Waals surface area contributed by atoms with Gasteiger partial charge in [0.2, 0.25) is 5.91 Å². The van der Waals surface area contributed by atoms with Crippen molar-refractivity contribution in [3.8, 4) is 6.07 Å². The number of hydrogen-bond donors (Lipinski definition) is 1. The van der Waals surface area contributed by atoms with Crippen LogP contribution in [0.2, 0.25) is 0 Å². The minimum Gasteiger partial charge on any atom is -0.356 e. The maximum atomic E-state index is 11.0. The number of likely N-dealkylation sites (tertiary alicyclic amines) is 1. The van der Waals surface area contributed by atoms with E-state index in [1.807, 2.05) is 0 Å². The lowest BCUT2D eigenvalue weighted by atomic mass is 9.90. The Kier molecular flexibility index (Phi) is 5.85. The van der Waals surface area contributed by atoms with E-state index in [-0.39, 0.29) is 11.8 Å². The molecule has 4 nitrogen and oxygen atoms in total. The molecule has 1 saturated carbocycles. The minimum absolute atomic E-state index is 0.0701. The van der Waals surface area contributed by atoms with Gasteiger partial charge in [-0.3, -0.25) is 9.69 Å². The molecule has 0 bridgehead atoms. The molecule has 2 atom stereocenters.